The maximum Gasteiger partial charge on any atom is 0.220 e. The van der Waals surface area contributed by atoms with E-state index in [9.17, 15) is 10.0 Å². The fourth-order valence-corrected chi connectivity index (χ4v) is 3.66. The van der Waals surface area contributed by atoms with Gasteiger partial charge in [-0.3, -0.25) is 4.79 Å². The van der Waals surface area contributed by atoms with Crippen molar-refractivity contribution in [2.24, 2.45) is 0 Å². The van der Waals surface area contributed by atoms with E-state index < -0.39 is 0 Å². The molecule has 2 aliphatic rings. The number of carbonyl (C=O) groups is 1. The molecule has 0 saturated carbocycles. The van der Waals surface area contributed by atoms with Crippen molar-refractivity contribution in [2.45, 2.75) is 32.4 Å². The monoisotopic (exact) mass is 327 g/mol. The van der Waals surface area contributed by atoms with Gasteiger partial charge in [0.25, 0.3) is 0 Å². The minimum absolute atomic E-state index is 0.217. The van der Waals surface area contributed by atoms with Gasteiger partial charge in [-0.15, -0.1) is 0 Å². The Morgan fingerprint density at radius 2 is 1.96 bits per heavy atom. The average molecular weight is 328 g/mol. The van der Waals surface area contributed by atoms with Crippen LogP contribution >= 0.6 is 11.6 Å². The minimum atomic E-state index is -0.373. The molecule has 4 rings (SSSR count). The molecule has 1 amide bonds. The third kappa shape index (κ3) is 2.34. The lowest BCUT2D eigenvalue weighted by atomic mass is 9.85. The van der Waals surface area contributed by atoms with E-state index >= 15 is 0 Å². The highest BCUT2D eigenvalue weighted by Crippen LogP contribution is 2.41. The first-order chi connectivity index (χ1) is 11.0. The number of fused-ring (bicyclic) bond motifs is 3. The van der Waals surface area contributed by atoms with Crippen molar-refractivity contribution >= 4 is 23.2 Å². The Balaban J connectivity index is 1.95. The van der Waals surface area contributed by atoms with E-state index in [1.165, 1.54) is 5.56 Å². The molecular weight excluding hydrogens is 312 g/mol. The number of benzene rings is 2. The topological polar surface area (TPSA) is 55.4 Å². The van der Waals surface area contributed by atoms with Gasteiger partial charge in [-0.2, -0.15) is 0 Å². The maximum atomic E-state index is 12.1. The summed E-state index contributed by atoms with van der Waals surface area (Å²) in [5.74, 6) is -0.373. The first-order valence-electron chi connectivity index (χ1n) is 7.71. The smallest absolute Gasteiger partial charge is 0.220 e. The molecule has 1 atom stereocenters. The highest BCUT2D eigenvalue weighted by atomic mass is 35.5. The van der Waals surface area contributed by atoms with Gasteiger partial charge in [0.2, 0.25) is 5.91 Å². The Hall–Kier alpha value is -1.88. The summed E-state index contributed by atoms with van der Waals surface area (Å²) < 4.78 is 0. The summed E-state index contributed by atoms with van der Waals surface area (Å²) in [7, 11) is 0. The second-order valence-corrected chi connectivity index (χ2v) is 6.67. The van der Waals surface area contributed by atoms with Crippen LogP contribution in [-0.2, 0) is 24.2 Å². The van der Waals surface area contributed by atoms with Crippen LogP contribution in [0.1, 0.15) is 23.6 Å². The summed E-state index contributed by atoms with van der Waals surface area (Å²) in [4.78, 5) is 11.9. The third-order valence-electron chi connectivity index (χ3n) is 4.71. The number of hydroxylamine groups is 1. The lowest BCUT2D eigenvalue weighted by molar-refractivity contribution is -0.116. The average Bonchev–Trinajstić information content (AvgIpc) is 2.83. The first-order valence-corrected chi connectivity index (χ1v) is 8.09. The number of halogens is 1. The number of rotatable bonds is 1. The quantitative estimate of drug-likeness (QED) is 0.873. The molecule has 0 aromatic heterocycles. The minimum Gasteiger partial charge on any atom is -0.752 e. The van der Waals surface area contributed by atoms with Crippen molar-refractivity contribution < 1.29 is 4.79 Å². The molecule has 0 fully saturated rings. The molecule has 2 heterocycles. The van der Waals surface area contributed by atoms with Crippen molar-refractivity contribution in [3.05, 3.63) is 57.3 Å². The second kappa shape index (κ2) is 5.34. The Labute approximate surface area is 139 Å². The van der Waals surface area contributed by atoms with E-state index in [1.54, 1.807) is 0 Å². The van der Waals surface area contributed by atoms with Crippen LogP contribution in [0.4, 0.5) is 5.69 Å². The van der Waals surface area contributed by atoms with Gasteiger partial charge in [-0.1, -0.05) is 23.7 Å². The Kier molecular flexibility index (Phi) is 3.41. The molecule has 2 aromatic rings. The Morgan fingerprint density at radius 1 is 1.22 bits per heavy atom. The first kappa shape index (κ1) is 14.7. The molecule has 23 heavy (non-hydrogen) atoms. The van der Waals surface area contributed by atoms with Crippen molar-refractivity contribution in [1.29, 1.82) is 0 Å². The van der Waals surface area contributed by atoms with Crippen LogP contribution in [0, 0.1) is 5.21 Å². The largest absolute Gasteiger partial charge is 0.752 e. The van der Waals surface area contributed by atoms with Gasteiger partial charge in [0, 0.05) is 23.3 Å². The molecule has 1 N–H and O–H groups in total. The van der Waals surface area contributed by atoms with Gasteiger partial charge >= 0.3 is 0 Å². The van der Waals surface area contributed by atoms with E-state index in [0.717, 1.165) is 35.2 Å². The fraction of sp³-hybridized carbons (Fsp3) is 0.278. The highest BCUT2D eigenvalue weighted by Gasteiger charge is 2.30. The predicted molar refractivity (Wildman–Crippen MR) is 91.5 cm³/mol. The van der Waals surface area contributed by atoms with E-state index in [1.807, 2.05) is 30.3 Å². The van der Waals surface area contributed by atoms with Crippen LogP contribution in [0.15, 0.2) is 30.3 Å². The summed E-state index contributed by atoms with van der Waals surface area (Å²) in [6.07, 6.45) is 1.05. The molecule has 5 heteroatoms. The lowest BCUT2D eigenvalue weighted by Crippen LogP contribution is -2.33. The van der Waals surface area contributed by atoms with Gasteiger partial charge in [0.1, 0.15) is 0 Å². The predicted octanol–water partition coefficient (Wildman–Crippen LogP) is 3.43. The second-order valence-electron chi connectivity index (χ2n) is 6.24. The van der Waals surface area contributed by atoms with Crippen molar-refractivity contribution in [2.75, 3.05) is 5.06 Å². The van der Waals surface area contributed by atoms with Gasteiger partial charge in [-0.05, 0) is 59.4 Å². The number of anilines is 1. The standard InChI is InChI=1S/C18H16ClN2O2/c1-10-6-14-15-8-18(22)21(23)17(15)7-13(16(14)9-20-10)11-2-4-12(19)5-3-11/h2-5,7,10,20H,6,8-9H2,1H3/q-1. The zero-order valence-corrected chi connectivity index (χ0v) is 13.5. The molecular formula is C18H16ClN2O2-. The number of hydrogen-bond acceptors (Lipinski definition) is 3. The van der Waals surface area contributed by atoms with Crippen LogP contribution in [0.5, 0.6) is 0 Å². The summed E-state index contributed by atoms with van der Waals surface area (Å²) in [5, 5.41) is 16.8. The maximum absolute atomic E-state index is 12.1. The molecule has 118 valence electrons. The Morgan fingerprint density at radius 3 is 2.70 bits per heavy atom. The van der Waals surface area contributed by atoms with Crippen molar-refractivity contribution in [3.63, 3.8) is 0 Å². The molecule has 2 aliphatic heterocycles. The van der Waals surface area contributed by atoms with E-state index in [4.69, 9.17) is 11.6 Å². The Bertz CT molecular complexity index is 802. The van der Waals surface area contributed by atoms with Gasteiger partial charge in [-0.25, -0.2) is 0 Å². The van der Waals surface area contributed by atoms with E-state index in [2.05, 4.69) is 12.2 Å². The highest BCUT2D eigenvalue weighted by molar-refractivity contribution is 6.30. The van der Waals surface area contributed by atoms with Crippen molar-refractivity contribution in [1.82, 2.24) is 5.32 Å². The summed E-state index contributed by atoms with van der Waals surface area (Å²) in [6.45, 7) is 2.87. The molecule has 4 nitrogen and oxygen atoms in total. The molecule has 0 aliphatic carbocycles. The number of hydrogen-bond donors (Lipinski definition) is 1. The zero-order valence-electron chi connectivity index (χ0n) is 12.7. The molecule has 0 bridgehead atoms. The third-order valence-corrected chi connectivity index (χ3v) is 4.96. The number of nitrogens with zero attached hydrogens (tertiary/aromatic N) is 1. The number of carbonyl (C=O) groups excluding carboxylic acids is 1. The SMILES string of the molecule is CC1Cc2c(c(-c3ccc(Cl)cc3)cc3c2CC(=O)N3[O-])CN1. The number of nitrogens with one attached hydrogen (secondary N) is 1. The van der Waals surface area contributed by atoms with E-state index in [0.29, 0.717) is 21.8 Å². The van der Waals surface area contributed by atoms with Gasteiger partial charge in [0.05, 0.1) is 6.42 Å². The molecule has 0 radical (unpaired) electrons. The lowest BCUT2D eigenvalue weighted by Gasteiger charge is -2.30. The van der Waals surface area contributed by atoms with Crippen LogP contribution in [0.3, 0.4) is 0 Å². The summed E-state index contributed by atoms with van der Waals surface area (Å²) >= 11 is 5.98. The van der Waals surface area contributed by atoms with Crippen LogP contribution in [0.25, 0.3) is 11.1 Å². The van der Waals surface area contributed by atoms with Crippen molar-refractivity contribution in [3.8, 4) is 11.1 Å². The summed E-state index contributed by atoms with van der Waals surface area (Å²) in [5.41, 5.74) is 5.78. The molecule has 0 spiro atoms. The number of amides is 1. The molecule has 1 unspecified atom stereocenters. The molecule has 0 saturated heterocycles. The van der Waals surface area contributed by atoms with Gasteiger partial charge in [0.15, 0.2) is 0 Å². The van der Waals surface area contributed by atoms with Crippen LogP contribution in [0.2, 0.25) is 5.02 Å². The van der Waals surface area contributed by atoms with Crippen LogP contribution < -0.4 is 10.4 Å². The molecule has 2 aromatic carbocycles. The zero-order chi connectivity index (χ0) is 16.1. The van der Waals surface area contributed by atoms with Crippen LogP contribution in [-0.4, -0.2) is 11.9 Å². The van der Waals surface area contributed by atoms with Gasteiger partial charge < -0.3 is 15.6 Å². The summed E-state index contributed by atoms with van der Waals surface area (Å²) in [6, 6.07) is 9.78. The normalized spacial score (nSPS) is 19.7. The fourth-order valence-electron chi connectivity index (χ4n) is 3.54. The van der Waals surface area contributed by atoms with E-state index in [-0.39, 0.29) is 12.3 Å².